The van der Waals surface area contributed by atoms with E-state index >= 15 is 0 Å². The van der Waals surface area contributed by atoms with Crippen LogP contribution in [0.25, 0.3) is 0 Å². The van der Waals surface area contributed by atoms with Crippen LogP contribution in [0.2, 0.25) is 5.02 Å². The molecule has 1 unspecified atom stereocenters. The lowest BCUT2D eigenvalue weighted by Gasteiger charge is -2.30. The van der Waals surface area contributed by atoms with Crippen molar-refractivity contribution >= 4 is 29.3 Å². The van der Waals surface area contributed by atoms with Gasteiger partial charge in [-0.25, -0.2) is 9.80 Å². The predicted octanol–water partition coefficient (Wildman–Crippen LogP) is 5.09. The molecule has 3 rings (SSSR count). The van der Waals surface area contributed by atoms with Gasteiger partial charge in [0.05, 0.1) is 18.4 Å². The van der Waals surface area contributed by atoms with Crippen molar-refractivity contribution in [3.05, 3.63) is 69.7 Å². The van der Waals surface area contributed by atoms with Crippen LogP contribution in [0.5, 0.6) is 0 Å². The summed E-state index contributed by atoms with van der Waals surface area (Å²) in [5.41, 5.74) is 4.53. The molecule has 0 fully saturated rings. The Bertz CT molecular complexity index is 1110. The molecule has 1 aliphatic rings. The third-order valence-electron chi connectivity index (χ3n) is 5.93. The zero-order chi connectivity index (χ0) is 25.8. The minimum Gasteiger partial charge on any atom is -0.383 e. The van der Waals surface area contributed by atoms with Crippen molar-refractivity contribution in [2.45, 2.75) is 52.6 Å². The Morgan fingerprint density at radius 2 is 1.89 bits per heavy atom. The molecule has 3 amide bonds. The number of methoxy groups -OCH3 is 1. The quantitative estimate of drug-likeness (QED) is 0.577. The molecule has 35 heavy (non-hydrogen) atoms. The third-order valence-corrected chi connectivity index (χ3v) is 6.28. The van der Waals surface area contributed by atoms with Crippen molar-refractivity contribution in [2.24, 2.45) is 5.10 Å². The van der Waals surface area contributed by atoms with Crippen LogP contribution in [0.15, 0.2) is 47.6 Å². The summed E-state index contributed by atoms with van der Waals surface area (Å²) in [6, 6.07) is 13.0. The topological polar surface area (TPSA) is 74.2 Å². The van der Waals surface area contributed by atoms with E-state index in [4.69, 9.17) is 21.4 Å². The van der Waals surface area contributed by atoms with Gasteiger partial charge in [-0.3, -0.25) is 4.79 Å². The zero-order valence-corrected chi connectivity index (χ0v) is 22.1. The molecule has 0 bridgehead atoms. The van der Waals surface area contributed by atoms with Crippen LogP contribution in [-0.2, 0) is 9.53 Å². The molecule has 0 radical (unpaired) electrons. The molecule has 1 N–H and O–H groups in total. The Labute approximate surface area is 213 Å². The second-order valence-electron chi connectivity index (χ2n) is 9.92. The second kappa shape index (κ2) is 11.2. The van der Waals surface area contributed by atoms with Gasteiger partial charge >= 0.3 is 6.03 Å². The fourth-order valence-corrected chi connectivity index (χ4v) is 4.17. The smallest absolute Gasteiger partial charge is 0.318 e. The molecular weight excluding hydrogens is 464 g/mol. The van der Waals surface area contributed by atoms with Gasteiger partial charge in [-0.1, -0.05) is 41.9 Å². The van der Waals surface area contributed by atoms with E-state index in [0.29, 0.717) is 18.1 Å². The SMILES string of the molecule is COCCN(CC(=O)N1N=C(c2ccc(C)c(C)c2)CC1c1ccccc1Cl)C(=O)NC(C)(C)C. The number of halogens is 1. The van der Waals surface area contributed by atoms with E-state index in [1.165, 1.54) is 15.5 Å². The monoisotopic (exact) mass is 498 g/mol. The summed E-state index contributed by atoms with van der Waals surface area (Å²) < 4.78 is 5.17. The number of hydrazone groups is 1. The second-order valence-corrected chi connectivity index (χ2v) is 10.3. The first kappa shape index (κ1) is 26.7. The van der Waals surface area contributed by atoms with Crippen LogP contribution in [0.4, 0.5) is 4.79 Å². The molecule has 0 aromatic heterocycles. The zero-order valence-electron chi connectivity index (χ0n) is 21.4. The molecule has 0 saturated carbocycles. The molecule has 0 saturated heterocycles. The van der Waals surface area contributed by atoms with Crippen molar-refractivity contribution in [1.82, 2.24) is 15.2 Å². The van der Waals surface area contributed by atoms with Gasteiger partial charge in [-0.05, 0) is 69.0 Å². The lowest BCUT2D eigenvalue weighted by molar-refractivity contribution is -0.133. The van der Waals surface area contributed by atoms with Gasteiger partial charge in [0.25, 0.3) is 5.91 Å². The van der Waals surface area contributed by atoms with Crippen LogP contribution >= 0.6 is 11.6 Å². The Kier molecular flexibility index (Phi) is 8.56. The van der Waals surface area contributed by atoms with Gasteiger partial charge < -0.3 is 15.0 Å². The minimum absolute atomic E-state index is 0.129. The number of hydrogen-bond acceptors (Lipinski definition) is 4. The summed E-state index contributed by atoms with van der Waals surface area (Å²) in [5.74, 6) is -0.283. The summed E-state index contributed by atoms with van der Waals surface area (Å²) in [7, 11) is 1.57. The predicted molar refractivity (Wildman–Crippen MR) is 140 cm³/mol. The van der Waals surface area contributed by atoms with E-state index in [-0.39, 0.29) is 31.1 Å². The highest BCUT2D eigenvalue weighted by molar-refractivity contribution is 6.31. The first-order chi connectivity index (χ1) is 16.5. The standard InChI is InChI=1S/C27H35ClN4O3/c1-18-11-12-20(15-19(18)2)23-16-24(21-9-7-8-10-22(21)28)32(30-23)25(33)17-31(13-14-35-6)26(34)29-27(3,4)5/h7-12,15,24H,13-14,16-17H2,1-6H3,(H,29,34). The number of carbonyl (C=O) groups excluding carboxylic acids is 2. The number of hydrogen-bond donors (Lipinski definition) is 1. The summed E-state index contributed by atoms with van der Waals surface area (Å²) in [5, 5.41) is 9.73. The molecule has 1 aliphatic heterocycles. The number of nitrogens with zero attached hydrogens (tertiary/aromatic N) is 3. The molecule has 2 aromatic carbocycles. The molecule has 7 nitrogen and oxygen atoms in total. The molecule has 0 aliphatic carbocycles. The lowest BCUT2D eigenvalue weighted by Crippen LogP contribution is -2.52. The molecule has 1 atom stereocenters. The van der Waals surface area contributed by atoms with E-state index in [1.54, 1.807) is 7.11 Å². The summed E-state index contributed by atoms with van der Waals surface area (Å²) in [4.78, 5) is 28.0. The van der Waals surface area contributed by atoms with Crippen LogP contribution in [0.1, 0.15) is 55.5 Å². The van der Waals surface area contributed by atoms with Crippen molar-refractivity contribution in [3.8, 4) is 0 Å². The number of rotatable bonds is 7. The maximum absolute atomic E-state index is 13.6. The summed E-state index contributed by atoms with van der Waals surface area (Å²) in [6.07, 6.45) is 0.532. The Morgan fingerprint density at radius 1 is 1.17 bits per heavy atom. The minimum atomic E-state index is -0.437. The molecule has 0 spiro atoms. The average Bonchev–Trinajstić information content (AvgIpc) is 3.22. The number of nitrogens with one attached hydrogen (secondary N) is 1. The normalized spacial score (nSPS) is 15.7. The van der Waals surface area contributed by atoms with Crippen molar-refractivity contribution in [2.75, 3.05) is 26.8 Å². The fourth-order valence-electron chi connectivity index (χ4n) is 3.91. The lowest BCUT2D eigenvalue weighted by atomic mass is 9.96. The van der Waals surface area contributed by atoms with Gasteiger partial charge in [0.1, 0.15) is 6.54 Å². The number of urea groups is 1. The highest BCUT2D eigenvalue weighted by atomic mass is 35.5. The van der Waals surface area contributed by atoms with Crippen molar-refractivity contribution < 1.29 is 14.3 Å². The van der Waals surface area contributed by atoms with E-state index < -0.39 is 5.54 Å². The van der Waals surface area contributed by atoms with Gasteiger partial charge in [-0.15, -0.1) is 0 Å². The van der Waals surface area contributed by atoms with E-state index in [1.807, 2.05) is 51.1 Å². The Hall–Kier alpha value is -2.90. The third kappa shape index (κ3) is 6.83. The first-order valence-corrected chi connectivity index (χ1v) is 12.2. The van der Waals surface area contributed by atoms with Crippen LogP contribution in [0.3, 0.4) is 0 Å². The number of amides is 3. The molecule has 2 aromatic rings. The number of carbonyl (C=O) groups is 2. The molecule has 1 heterocycles. The Morgan fingerprint density at radius 3 is 2.51 bits per heavy atom. The number of benzene rings is 2. The largest absolute Gasteiger partial charge is 0.383 e. The number of aryl methyl sites for hydroxylation is 2. The van der Waals surface area contributed by atoms with Crippen LogP contribution < -0.4 is 5.32 Å². The fraction of sp³-hybridized carbons (Fsp3) is 0.444. The Balaban J connectivity index is 1.93. The highest BCUT2D eigenvalue weighted by Gasteiger charge is 2.35. The van der Waals surface area contributed by atoms with Gasteiger partial charge in [0.2, 0.25) is 0 Å². The van der Waals surface area contributed by atoms with Crippen molar-refractivity contribution in [1.29, 1.82) is 0 Å². The highest BCUT2D eigenvalue weighted by Crippen LogP contribution is 2.36. The van der Waals surface area contributed by atoms with Gasteiger partial charge in [0.15, 0.2) is 0 Å². The maximum atomic E-state index is 13.6. The van der Waals surface area contributed by atoms with Gasteiger partial charge in [-0.2, -0.15) is 5.10 Å². The maximum Gasteiger partial charge on any atom is 0.318 e. The van der Waals surface area contributed by atoms with Gasteiger partial charge in [0, 0.05) is 30.6 Å². The number of ether oxygens (including phenoxy) is 1. The average molecular weight is 499 g/mol. The first-order valence-electron chi connectivity index (χ1n) is 11.8. The summed E-state index contributed by atoms with van der Waals surface area (Å²) >= 11 is 6.53. The van der Waals surface area contributed by atoms with Crippen molar-refractivity contribution in [3.63, 3.8) is 0 Å². The van der Waals surface area contributed by atoms with Crippen LogP contribution in [-0.4, -0.2) is 59.9 Å². The van der Waals surface area contributed by atoms with Crippen LogP contribution in [0, 0.1) is 13.8 Å². The molecular formula is C27H35ClN4O3. The van der Waals surface area contributed by atoms with E-state index in [9.17, 15) is 9.59 Å². The molecule has 8 heteroatoms. The van der Waals surface area contributed by atoms with E-state index in [2.05, 4.69) is 31.3 Å². The summed E-state index contributed by atoms with van der Waals surface area (Å²) in [6.45, 7) is 10.3. The molecule has 188 valence electrons. The van der Waals surface area contributed by atoms with E-state index in [0.717, 1.165) is 22.4 Å².